The summed E-state index contributed by atoms with van der Waals surface area (Å²) in [5.74, 6) is 0. The molecule has 0 saturated carbocycles. The van der Waals surface area contributed by atoms with Crippen molar-refractivity contribution in [3.8, 4) is 0 Å². The van der Waals surface area contributed by atoms with Gasteiger partial charge in [0.15, 0.2) is 0 Å². The quantitative estimate of drug-likeness (QED) is 0.899. The number of nitrogens with zero attached hydrogens (tertiary/aromatic N) is 3. The molecule has 0 spiro atoms. The molecule has 1 N–H and O–H groups in total. The van der Waals surface area contributed by atoms with Gasteiger partial charge in [0, 0.05) is 58.0 Å². The van der Waals surface area contributed by atoms with Gasteiger partial charge in [0.1, 0.15) is 0 Å². The summed E-state index contributed by atoms with van der Waals surface area (Å²) in [6.45, 7) is 10.6. The molecule has 2 amide bonds. The Morgan fingerprint density at radius 3 is 2.50 bits per heavy atom. The Morgan fingerprint density at radius 2 is 1.79 bits per heavy atom. The summed E-state index contributed by atoms with van der Waals surface area (Å²) < 4.78 is 5.34. The summed E-state index contributed by atoms with van der Waals surface area (Å²) in [6, 6.07) is 8.50. The SMILES string of the molecule is Cc1ccccc1N1CCN(C(=O)NCCN2CCOCC2)CC1. The zero-order valence-corrected chi connectivity index (χ0v) is 14.5. The molecule has 2 saturated heterocycles. The number of aryl methyl sites for hydroxylation is 1. The van der Waals surface area contributed by atoms with Crippen molar-refractivity contribution in [3.63, 3.8) is 0 Å². The highest BCUT2D eigenvalue weighted by atomic mass is 16.5. The van der Waals surface area contributed by atoms with E-state index < -0.39 is 0 Å². The van der Waals surface area contributed by atoms with Gasteiger partial charge < -0.3 is 19.9 Å². The van der Waals surface area contributed by atoms with Gasteiger partial charge in [0.2, 0.25) is 0 Å². The summed E-state index contributed by atoms with van der Waals surface area (Å²) >= 11 is 0. The number of hydrogen-bond donors (Lipinski definition) is 1. The van der Waals surface area contributed by atoms with E-state index in [9.17, 15) is 4.79 Å². The number of piperazine rings is 1. The van der Waals surface area contributed by atoms with Crippen LogP contribution in [0.4, 0.5) is 10.5 Å². The molecule has 24 heavy (non-hydrogen) atoms. The van der Waals surface area contributed by atoms with Crippen molar-refractivity contribution in [2.24, 2.45) is 0 Å². The number of rotatable bonds is 4. The van der Waals surface area contributed by atoms with Crippen molar-refractivity contribution in [1.82, 2.24) is 15.1 Å². The van der Waals surface area contributed by atoms with Crippen molar-refractivity contribution < 1.29 is 9.53 Å². The molecule has 3 rings (SSSR count). The molecule has 2 fully saturated rings. The second-order valence-corrected chi connectivity index (χ2v) is 6.45. The Hall–Kier alpha value is -1.79. The zero-order valence-electron chi connectivity index (χ0n) is 14.5. The number of anilines is 1. The number of carbonyl (C=O) groups is 1. The molecule has 0 aliphatic carbocycles. The van der Waals surface area contributed by atoms with Crippen molar-refractivity contribution in [2.75, 3.05) is 70.5 Å². The average Bonchev–Trinajstić information content (AvgIpc) is 2.63. The Morgan fingerprint density at radius 1 is 1.08 bits per heavy atom. The lowest BCUT2D eigenvalue weighted by atomic mass is 10.1. The molecule has 2 aliphatic heterocycles. The van der Waals surface area contributed by atoms with Gasteiger partial charge in [-0.15, -0.1) is 0 Å². The predicted molar refractivity (Wildman–Crippen MR) is 95.6 cm³/mol. The topological polar surface area (TPSA) is 48.0 Å². The van der Waals surface area contributed by atoms with E-state index in [0.717, 1.165) is 59.0 Å². The van der Waals surface area contributed by atoms with Gasteiger partial charge >= 0.3 is 6.03 Å². The van der Waals surface area contributed by atoms with Crippen LogP contribution in [0.1, 0.15) is 5.56 Å². The van der Waals surface area contributed by atoms with E-state index >= 15 is 0 Å². The molecule has 0 bridgehead atoms. The van der Waals surface area contributed by atoms with Crippen molar-refractivity contribution in [2.45, 2.75) is 6.92 Å². The minimum Gasteiger partial charge on any atom is -0.379 e. The largest absolute Gasteiger partial charge is 0.379 e. The van der Waals surface area contributed by atoms with Gasteiger partial charge in [-0.1, -0.05) is 18.2 Å². The Bertz CT molecular complexity index is 538. The number of ether oxygens (including phenoxy) is 1. The summed E-state index contributed by atoms with van der Waals surface area (Å²) in [5, 5.41) is 3.05. The second-order valence-electron chi connectivity index (χ2n) is 6.45. The van der Waals surface area contributed by atoms with Crippen LogP contribution < -0.4 is 10.2 Å². The lowest BCUT2D eigenvalue weighted by Gasteiger charge is -2.37. The van der Waals surface area contributed by atoms with Crippen LogP contribution in [0.3, 0.4) is 0 Å². The van der Waals surface area contributed by atoms with Crippen molar-refractivity contribution >= 4 is 11.7 Å². The monoisotopic (exact) mass is 332 g/mol. The summed E-state index contributed by atoms with van der Waals surface area (Å²) in [6.07, 6.45) is 0. The van der Waals surface area contributed by atoms with Crippen LogP contribution in [0.25, 0.3) is 0 Å². The number of urea groups is 1. The van der Waals surface area contributed by atoms with Crippen LogP contribution in [-0.2, 0) is 4.74 Å². The fourth-order valence-corrected chi connectivity index (χ4v) is 3.33. The highest BCUT2D eigenvalue weighted by Gasteiger charge is 2.21. The third kappa shape index (κ3) is 4.39. The van der Waals surface area contributed by atoms with Gasteiger partial charge in [-0.2, -0.15) is 0 Å². The molecule has 132 valence electrons. The van der Waals surface area contributed by atoms with Crippen molar-refractivity contribution in [3.05, 3.63) is 29.8 Å². The third-order valence-electron chi connectivity index (χ3n) is 4.83. The Kier molecular flexibility index (Phi) is 5.93. The fraction of sp³-hybridized carbons (Fsp3) is 0.611. The minimum atomic E-state index is 0.0627. The summed E-state index contributed by atoms with van der Waals surface area (Å²) in [4.78, 5) is 18.9. The molecule has 0 atom stereocenters. The molecule has 0 unspecified atom stereocenters. The summed E-state index contributed by atoms with van der Waals surface area (Å²) in [7, 11) is 0. The molecular weight excluding hydrogens is 304 g/mol. The molecular formula is C18H28N4O2. The van der Waals surface area contributed by atoms with Gasteiger partial charge in [-0.3, -0.25) is 4.90 Å². The van der Waals surface area contributed by atoms with Gasteiger partial charge in [-0.25, -0.2) is 4.79 Å². The number of carbonyl (C=O) groups excluding carboxylic acids is 1. The Balaban J connectivity index is 1.39. The first-order valence-electron chi connectivity index (χ1n) is 8.87. The highest BCUT2D eigenvalue weighted by Crippen LogP contribution is 2.20. The normalized spacial score (nSPS) is 19.4. The maximum absolute atomic E-state index is 12.3. The van der Waals surface area contributed by atoms with Crippen LogP contribution in [-0.4, -0.2) is 81.4 Å². The van der Waals surface area contributed by atoms with Crippen LogP contribution in [0.15, 0.2) is 24.3 Å². The lowest BCUT2D eigenvalue weighted by molar-refractivity contribution is 0.0386. The summed E-state index contributed by atoms with van der Waals surface area (Å²) in [5.41, 5.74) is 2.57. The molecule has 1 aromatic carbocycles. The average molecular weight is 332 g/mol. The molecule has 0 radical (unpaired) electrons. The molecule has 2 heterocycles. The second kappa shape index (κ2) is 8.35. The molecule has 0 aromatic heterocycles. The predicted octanol–water partition coefficient (Wildman–Crippen LogP) is 1.16. The van der Waals surface area contributed by atoms with E-state index in [2.05, 4.69) is 46.3 Å². The molecule has 6 heteroatoms. The first kappa shape index (κ1) is 17.0. The number of morpholine rings is 1. The third-order valence-corrected chi connectivity index (χ3v) is 4.83. The van der Waals surface area contributed by atoms with Crippen LogP contribution in [0.5, 0.6) is 0 Å². The van der Waals surface area contributed by atoms with Gasteiger partial charge in [0.25, 0.3) is 0 Å². The van der Waals surface area contributed by atoms with E-state index in [1.807, 2.05) is 4.90 Å². The molecule has 1 aromatic rings. The smallest absolute Gasteiger partial charge is 0.317 e. The first-order valence-corrected chi connectivity index (χ1v) is 8.87. The van der Waals surface area contributed by atoms with E-state index in [1.165, 1.54) is 11.3 Å². The number of para-hydroxylation sites is 1. The van der Waals surface area contributed by atoms with Crippen LogP contribution >= 0.6 is 0 Å². The highest BCUT2D eigenvalue weighted by molar-refractivity contribution is 5.74. The van der Waals surface area contributed by atoms with Gasteiger partial charge in [0.05, 0.1) is 13.2 Å². The molecule has 2 aliphatic rings. The Labute approximate surface area is 144 Å². The standard InChI is InChI=1S/C18H28N4O2/c1-16-4-2-3-5-17(16)21-8-10-22(11-9-21)18(23)19-6-7-20-12-14-24-15-13-20/h2-5H,6-15H2,1H3,(H,19,23). The number of amides is 2. The lowest BCUT2D eigenvalue weighted by Crippen LogP contribution is -2.53. The minimum absolute atomic E-state index is 0.0627. The zero-order chi connectivity index (χ0) is 16.8. The van der Waals surface area contributed by atoms with Crippen LogP contribution in [0.2, 0.25) is 0 Å². The number of benzene rings is 1. The maximum atomic E-state index is 12.3. The number of hydrogen-bond acceptors (Lipinski definition) is 4. The fourth-order valence-electron chi connectivity index (χ4n) is 3.33. The molecule has 6 nitrogen and oxygen atoms in total. The van der Waals surface area contributed by atoms with E-state index in [-0.39, 0.29) is 6.03 Å². The van der Waals surface area contributed by atoms with E-state index in [1.54, 1.807) is 0 Å². The van der Waals surface area contributed by atoms with Crippen LogP contribution in [0, 0.1) is 6.92 Å². The van der Waals surface area contributed by atoms with Gasteiger partial charge in [-0.05, 0) is 18.6 Å². The maximum Gasteiger partial charge on any atom is 0.317 e. The van der Waals surface area contributed by atoms with Crippen molar-refractivity contribution in [1.29, 1.82) is 0 Å². The van der Waals surface area contributed by atoms with E-state index in [0.29, 0.717) is 6.54 Å². The van der Waals surface area contributed by atoms with E-state index in [4.69, 9.17) is 4.74 Å². The first-order chi connectivity index (χ1) is 11.7. The number of nitrogens with one attached hydrogen (secondary N) is 1.